The molecule has 0 spiro atoms. The number of carbonyl (C=O) groups is 1. The second-order valence-corrected chi connectivity index (χ2v) is 7.31. The minimum absolute atomic E-state index is 0.0935. The van der Waals surface area contributed by atoms with Gasteiger partial charge in [0.1, 0.15) is 17.2 Å². The van der Waals surface area contributed by atoms with Crippen molar-refractivity contribution in [2.75, 3.05) is 34.0 Å². The number of hydrogen-bond donors (Lipinski definition) is 2. The maximum absolute atomic E-state index is 12.9. The van der Waals surface area contributed by atoms with Gasteiger partial charge in [-0.15, -0.1) is 0 Å². The van der Waals surface area contributed by atoms with Crippen molar-refractivity contribution in [1.29, 1.82) is 0 Å². The van der Waals surface area contributed by atoms with Gasteiger partial charge in [0.2, 0.25) is 0 Å². The topological polar surface area (TPSA) is 94.8 Å². The Bertz CT molecular complexity index is 1050. The van der Waals surface area contributed by atoms with Gasteiger partial charge in [-0.2, -0.15) is 5.10 Å². The summed E-state index contributed by atoms with van der Waals surface area (Å²) < 4.78 is 18.0. The molecule has 1 amide bonds. The SMILES string of the molecule is COc1ccc(OC)c(-c2cc(C(=O)NCC(OCCO)c3ccc(C)cc3)n(C)n2)c1. The number of methoxy groups -OCH3 is 2. The molecule has 0 fully saturated rings. The van der Waals surface area contributed by atoms with Crippen molar-refractivity contribution in [2.45, 2.75) is 13.0 Å². The van der Waals surface area contributed by atoms with Crippen LogP contribution < -0.4 is 14.8 Å². The molecule has 0 aliphatic rings. The highest BCUT2D eigenvalue weighted by Gasteiger charge is 2.19. The summed E-state index contributed by atoms with van der Waals surface area (Å²) in [6.07, 6.45) is -0.377. The molecular weight excluding hydrogens is 410 g/mol. The Balaban J connectivity index is 1.78. The highest BCUT2D eigenvalue weighted by molar-refractivity contribution is 5.94. The number of ether oxygens (including phenoxy) is 3. The van der Waals surface area contributed by atoms with Crippen LogP contribution in [0.2, 0.25) is 0 Å². The molecule has 2 aromatic carbocycles. The first-order valence-corrected chi connectivity index (χ1v) is 10.3. The molecule has 1 unspecified atom stereocenters. The minimum Gasteiger partial charge on any atom is -0.497 e. The Morgan fingerprint density at radius 3 is 2.53 bits per heavy atom. The van der Waals surface area contributed by atoms with Crippen molar-refractivity contribution >= 4 is 5.91 Å². The Hall–Kier alpha value is -3.36. The molecule has 170 valence electrons. The summed E-state index contributed by atoms with van der Waals surface area (Å²) in [5, 5.41) is 16.5. The third-order valence-corrected chi connectivity index (χ3v) is 5.10. The first kappa shape index (κ1) is 23.3. The van der Waals surface area contributed by atoms with Gasteiger partial charge in [0.15, 0.2) is 0 Å². The summed E-state index contributed by atoms with van der Waals surface area (Å²) in [6.45, 7) is 2.35. The number of aryl methyl sites for hydroxylation is 2. The highest BCUT2D eigenvalue weighted by atomic mass is 16.5. The van der Waals surface area contributed by atoms with E-state index in [1.807, 2.05) is 37.3 Å². The number of carbonyl (C=O) groups excluding carboxylic acids is 1. The van der Waals surface area contributed by atoms with Crippen LogP contribution in [0.15, 0.2) is 48.5 Å². The highest BCUT2D eigenvalue weighted by Crippen LogP contribution is 2.33. The summed E-state index contributed by atoms with van der Waals surface area (Å²) in [5.41, 5.74) is 3.78. The van der Waals surface area contributed by atoms with Crippen LogP contribution in [0.5, 0.6) is 11.5 Å². The Kier molecular flexibility index (Phi) is 7.86. The van der Waals surface area contributed by atoms with Crippen molar-refractivity contribution in [3.05, 3.63) is 65.4 Å². The van der Waals surface area contributed by atoms with Gasteiger partial charge in [-0.25, -0.2) is 0 Å². The van der Waals surface area contributed by atoms with E-state index in [9.17, 15) is 4.79 Å². The second-order valence-electron chi connectivity index (χ2n) is 7.31. The normalized spacial score (nSPS) is 11.8. The second kappa shape index (κ2) is 10.8. The Morgan fingerprint density at radius 1 is 1.12 bits per heavy atom. The van der Waals surface area contributed by atoms with Gasteiger partial charge in [0, 0.05) is 19.2 Å². The average Bonchev–Trinajstić information content (AvgIpc) is 3.20. The smallest absolute Gasteiger partial charge is 0.269 e. The van der Waals surface area contributed by atoms with Crippen LogP contribution in [0.1, 0.15) is 27.7 Å². The van der Waals surface area contributed by atoms with Crippen molar-refractivity contribution in [2.24, 2.45) is 7.05 Å². The van der Waals surface area contributed by atoms with E-state index in [0.29, 0.717) is 22.9 Å². The van der Waals surface area contributed by atoms with E-state index in [-0.39, 0.29) is 31.8 Å². The zero-order valence-corrected chi connectivity index (χ0v) is 18.8. The minimum atomic E-state index is -0.377. The first-order chi connectivity index (χ1) is 15.5. The van der Waals surface area contributed by atoms with E-state index in [2.05, 4.69) is 10.4 Å². The van der Waals surface area contributed by atoms with E-state index in [0.717, 1.165) is 16.7 Å². The summed E-state index contributed by atoms with van der Waals surface area (Å²) in [6, 6.07) is 15.0. The molecule has 0 aliphatic heterocycles. The standard InChI is InChI=1S/C24H29N3O5/c1-16-5-7-17(8-6-16)23(32-12-11-28)15-25-24(29)21-14-20(26-27(21)2)19-13-18(30-3)9-10-22(19)31-4/h5-10,13-14,23,28H,11-12,15H2,1-4H3,(H,25,29). The molecule has 8 heteroatoms. The fourth-order valence-corrected chi connectivity index (χ4v) is 3.35. The molecule has 0 aliphatic carbocycles. The predicted octanol–water partition coefficient (Wildman–Crippen LogP) is 2.89. The van der Waals surface area contributed by atoms with E-state index in [1.165, 1.54) is 4.68 Å². The van der Waals surface area contributed by atoms with Gasteiger partial charge in [-0.3, -0.25) is 9.48 Å². The van der Waals surface area contributed by atoms with Crippen molar-refractivity contribution < 1.29 is 24.1 Å². The molecule has 0 saturated carbocycles. The Morgan fingerprint density at radius 2 is 1.88 bits per heavy atom. The van der Waals surface area contributed by atoms with Gasteiger partial charge in [-0.05, 0) is 36.8 Å². The van der Waals surface area contributed by atoms with E-state index in [1.54, 1.807) is 39.5 Å². The average molecular weight is 440 g/mol. The largest absolute Gasteiger partial charge is 0.497 e. The molecule has 3 aromatic rings. The molecule has 0 bridgehead atoms. The van der Waals surface area contributed by atoms with Gasteiger partial charge in [0.25, 0.3) is 5.91 Å². The van der Waals surface area contributed by atoms with Crippen molar-refractivity contribution in [1.82, 2.24) is 15.1 Å². The third-order valence-electron chi connectivity index (χ3n) is 5.10. The van der Waals surface area contributed by atoms with Crippen LogP contribution in [0.25, 0.3) is 11.3 Å². The number of amides is 1. The monoisotopic (exact) mass is 439 g/mol. The van der Waals surface area contributed by atoms with Gasteiger partial charge >= 0.3 is 0 Å². The zero-order valence-electron chi connectivity index (χ0n) is 18.8. The maximum atomic E-state index is 12.9. The van der Waals surface area contributed by atoms with Crippen LogP contribution >= 0.6 is 0 Å². The lowest BCUT2D eigenvalue weighted by atomic mass is 10.1. The number of benzene rings is 2. The van der Waals surface area contributed by atoms with Crippen LogP contribution in [0.3, 0.4) is 0 Å². The lowest BCUT2D eigenvalue weighted by Gasteiger charge is -2.19. The van der Waals surface area contributed by atoms with Gasteiger partial charge in [0.05, 0.1) is 39.2 Å². The van der Waals surface area contributed by atoms with Crippen molar-refractivity contribution in [3.63, 3.8) is 0 Å². The number of aliphatic hydroxyl groups is 1. The number of aromatic nitrogens is 2. The zero-order chi connectivity index (χ0) is 23.1. The number of hydrogen-bond acceptors (Lipinski definition) is 6. The number of nitrogens with zero attached hydrogens (tertiary/aromatic N) is 2. The summed E-state index contributed by atoms with van der Waals surface area (Å²) in [4.78, 5) is 12.9. The Labute approximate surface area is 187 Å². The fourth-order valence-electron chi connectivity index (χ4n) is 3.35. The number of aliphatic hydroxyl groups excluding tert-OH is 1. The van der Waals surface area contributed by atoms with E-state index >= 15 is 0 Å². The summed E-state index contributed by atoms with van der Waals surface area (Å²) >= 11 is 0. The fraction of sp³-hybridized carbons (Fsp3) is 0.333. The molecular formula is C24H29N3O5. The lowest BCUT2D eigenvalue weighted by molar-refractivity contribution is 0.0276. The summed E-state index contributed by atoms with van der Waals surface area (Å²) in [7, 11) is 4.89. The van der Waals surface area contributed by atoms with E-state index in [4.69, 9.17) is 19.3 Å². The van der Waals surface area contributed by atoms with Crippen molar-refractivity contribution in [3.8, 4) is 22.8 Å². The van der Waals surface area contributed by atoms with E-state index < -0.39 is 0 Å². The number of rotatable bonds is 10. The maximum Gasteiger partial charge on any atom is 0.269 e. The quantitative estimate of drug-likeness (QED) is 0.504. The lowest BCUT2D eigenvalue weighted by Crippen LogP contribution is -2.31. The molecule has 32 heavy (non-hydrogen) atoms. The molecule has 0 saturated heterocycles. The van der Waals surface area contributed by atoms with Crippen LogP contribution in [-0.2, 0) is 11.8 Å². The molecule has 2 N–H and O–H groups in total. The molecule has 1 heterocycles. The molecule has 0 radical (unpaired) electrons. The molecule has 3 rings (SSSR count). The van der Waals surface area contributed by atoms with Crippen LogP contribution in [-0.4, -0.2) is 54.8 Å². The molecule has 8 nitrogen and oxygen atoms in total. The first-order valence-electron chi connectivity index (χ1n) is 10.3. The van der Waals surface area contributed by atoms with Crippen LogP contribution in [0.4, 0.5) is 0 Å². The predicted molar refractivity (Wildman–Crippen MR) is 121 cm³/mol. The molecule has 1 atom stereocenters. The number of nitrogens with one attached hydrogen (secondary N) is 1. The van der Waals surface area contributed by atoms with Gasteiger partial charge < -0.3 is 24.6 Å². The van der Waals surface area contributed by atoms with Crippen LogP contribution in [0, 0.1) is 6.92 Å². The summed E-state index contributed by atoms with van der Waals surface area (Å²) in [5.74, 6) is 1.02. The third kappa shape index (κ3) is 5.46. The van der Waals surface area contributed by atoms with Gasteiger partial charge in [-0.1, -0.05) is 29.8 Å². The molecule has 1 aromatic heterocycles.